The Balaban J connectivity index is 1.50. The number of nitrogens with zero attached hydrogens (tertiary/aromatic N) is 3. The topological polar surface area (TPSA) is 142 Å². The van der Waals surface area contributed by atoms with E-state index in [0.717, 1.165) is 48.2 Å². The van der Waals surface area contributed by atoms with Gasteiger partial charge in [0.15, 0.2) is 0 Å². The molecule has 0 bridgehead atoms. The highest BCUT2D eigenvalue weighted by atomic mass is 16.3. The lowest BCUT2D eigenvalue weighted by Gasteiger charge is -2.46. The van der Waals surface area contributed by atoms with Crippen LogP contribution in [0.2, 0.25) is 0 Å². The van der Waals surface area contributed by atoms with Crippen LogP contribution in [-0.2, 0) is 5.54 Å². The van der Waals surface area contributed by atoms with Gasteiger partial charge < -0.3 is 31.5 Å². The molecule has 1 aliphatic heterocycles. The molecule has 3 aromatic rings. The predicted octanol–water partition coefficient (Wildman–Crippen LogP) is 2.57. The number of hydrogen-bond donors (Lipinski definition) is 6. The highest BCUT2D eigenvalue weighted by molar-refractivity contribution is 5.88. The number of primary amides is 1. The summed E-state index contributed by atoms with van der Waals surface area (Å²) >= 11 is 0. The lowest BCUT2D eigenvalue weighted by Crippen LogP contribution is -2.59. The van der Waals surface area contributed by atoms with Crippen molar-refractivity contribution < 1.29 is 9.90 Å². The number of aliphatic hydroxyl groups excluding tert-OH is 1. The maximum Gasteiger partial charge on any atom is 0.316 e. The molecule has 1 saturated carbocycles. The Hall–Kier alpha value is -3.37. The summed E-state index contributed by atoms with van der Waals surface area (Å²) < 4.78 is 2.13. The van der Waals surface area contributed by atoms with E-state index in [2.05, 4.69) is 31.0 Å². The Bertz CT molecular complexity index is 1090. The minimum absolute atomic E-state index is 0.422. The van der Waals surface area contributed by atoms with Crippen LogP contribution in [-0.4, -0.2) is 31.9 Å². The highest BCUT2D eigenvalue weighted by Crippen LogP contribution is 2.43. The van der Waals surface area contributed by atoms with Gasteiger partial charge in [-0.05, 0) is 43.2 Å². The van der Waals surface area contributed by atoms with Gasteiger partial charge in [0.2, 0.25) is 5.95 Å². The van der Waals surface area contributed by atoms with Crippen molar-refractivity contribution in [3.05, 3.63) is 36.5 Å². The number of hydrazine groups is 1. The zero-order chi connectivity index (χ0) is 20.7. The van der Waals surface area contributed by atoms with Gasteiger partial charge in [-0.2, -0.15) is 4.98 Å². The fourth-order valence-electron chi connectivity index (χ4n) is 4.56. The first-order valence-electron chi connectivity index (χ1n) is 10.1. The summed E-state index contributed by atoms with van der Waals surface area (Å²) in [6, 6.07) is 8.50. The van der Waals surface area contributed by atoms with Crippen LogP contribution in [0.15, 0.2) is 36.5 Å². The highest BCUT2D eigenvalue weighted by Gasteiger charge is 2.45. The molecule has 3 heterocycles. The second-order valence-electron chi connectivity index (χ2n) is 7.87. The first-order chi connectivity index (χ1) is 14.5. The molecule has 0 radical (unpaired) electrons. The van der Waals surface area contributed by atoms with E-state index in [0.29, 0.717) is 11.6 Å². The van der Waals surface area contributed by atoms with Crippen LogP contribution in [0.1, 0.15) is 32.1 Å². The van der Waals surface area contributed by atoms with Crippen molar-refractivity contribution in [2.75, 3.05) is 16.1 Å². The molecule has 30 heavy (non-hydrogen) atoms. The van der Waals surface area contributed by atoms with Gasteiger partial charge in [-0.25, -0.2) is 15.2 Å². The second kappa shape index (κ2) is 7.15. The molecular formula is C20H24N8O2. The Morgan fingerprint density at radius 1 is 1.20 bits per heavy atom. The van der Waals surface area contributed by atoms with Crippen LogP contribution in [0.4, 0.5) is 27.9 Å². The fourth-order valence-corrected chi connectivity index (χ4v) is 4.56. The van der Waals surface area contributed by atoms with Gasteiger partial charge in [0.05, 0.1) is 5.54 Å². The van der Waals surface area contributed by atoms with Crippen molar-refractivity contribution in [2.24, 2.45) is 5.73 Å². The van der Waals surface area contributed by atoms with Crippen molar-refractivity contribution in [3.63, 3.8) is 0 Å². The summed E-state index contributed by atoms with van der Waals surface area (Å²) in [5, 5.41) is 17.4. The number of benzene rings is 1. The van der Waals surface area contributed by atoms with Gasteiger partial charge in [-0.1, -0.05) is 19.3 Å². The van der Waals surface area contributed by atoms with Gasteiger partial charge in [0.1, 0.15) is 17.7 Å². The van der Waals surface area contributed by atoms with E-state index in [9.17, 15) is 9.90 Å². The molecule has 156 valence electrons. The standard InChI is InChI=1S/C20H24N8O2/c21-18(30)23-13-4-6-14(7-5-13)24-19-22-11-12-10-15-26-27-17(29)20(8-2-1-3-9-20)28(15)16(12)25-19/h4-7,10-11,17,26-27,29H,1-3,8-9H2,(H3,21,23,30)(H,22,24,25). The summed E-state index contributed by atoms with van der Waals surface area (Å²) in [5.41, 5.74) is 13.0. The average molecular weight is 408 g/mol. The number of fused-ring (bicyclic) bond motifs is 4. The van der Waals surface area contributed by atoms with E-state index in [4.69, 9.17) is 10.7 Å². The zero-order valence-corrected chi connectivity index (χ0v) is 16.4. The lowest BCUT2D eigenvalue weighted by molar-refractivity contribution is -0.0178. The van der Waals surface area contributed by atoms with Crippen molar-refractivity contribution >= 4 is 40.2 Å². The molecule has 7 N–H and O–H groups in total. The maximum atomic E-state index is 11.0. The first-order valence-corrected chi connectivity index (χ1v) is 10.1. The quantitative estimate of drug-likeness (QED) is 0.391. The monoisotopic (exact) mass is 408 g/mol. The van der Waals surface area contributed by atoms with Crippen LogP contribution < -0.4 is 27.2 Å². The number of rotatable bonds is 3. The van der Waals surface area contributed by atoms with Gasteiger partial charge >= 0.3 is 6.03 Å². The number of amides is 2. The van der Waals surface area contributed by atoms with Crippen molar-refractivity contribution in [1.82, 2.24) is 20.0 Å². The number of carbonyl (C=O) groups excluding carboxylic acids is 1. The Kier molecular flexibility index (Phi) is 4.44. The molecule has 2 amide bonds. The number of aliphatic hydroxyl groups is 1. The number of hydrogen-bond acceptors (Lipinski definition) is 7. The number of aromatic nitrogens is 3. The average Bonchev–Trinajstić information content (AvgIpc) is 3.12. The smallest absolute Gasteiger partial charge is 0.316 e. The third-order valence-corrected chi connectivity index (χ3v) is 5.96. The number of nitrogens with two attached hydrogens (primary N) is 1. The van der Waals surface area contributed by atoms with E-state index in [1.165, 1.54) is 6.42 Å². The van der Waals surface area contributed by atoms with E-state index < -0.39 is 17.8 Å². The van der Waals surface area contributed by atoms with Gasteiger partial charge in [-0.3, -0.25) is 0 Å². The molecule has 2 aromatic heterocycles. The molecule has 1 atom stereocenters. The zero-order valence-electron chi connectivity index (χ0n) is 16.4. The fraction of sp³-hybridized carbons (Fsp3) is 0.350. The second-order valence-corrected chi connectivity index (χ2v) is 7.87. The van der Waals surface area contributed by atoms with E-state index >= 15 is 0 Å². The van der Waals surface area contributed by atoms with Crippen LogP contribution in [0, 0.1) is 0 Å². The van der Waals surface area contributed by atoms with Gasteiger partial charge in [-0.15, -0.1) is 0 Å². The van der Waals surface area contributed by atoms with Gasteiger partial charge in [0, 0.05) is 23.0 Å². The van der Waals surface area contributed by atoms with Crippen molar-refractivity contribution in [2.45, 2.75) is 43.9 Å². The molecule has 10 nitrogen and oxygen atoms in total. The largest absolute Gasteiger partial charge is 0.374 e. The molecule has 1 aliphatic carbocycles. The summed E-state index contributed by atoms with van der Waals surface area (Å²) in [6.45, 7) is 0. The maximum absolute atomic E-state index is 11.0. The predicted molar refractivity (Wildman–Crippen MR) is 114 cm³/mol. The van der Waals surface area contributed by atoms with E-state index in [1.807, 2.05) is 18.2 Å². The van der Waals surface area contributed by atoms with Crippen molar-refractivity contribution in [3.8, 4) is 0 Å². The Morgan fingerprint density at radius 3 is 2.67 bits per heavy atom. The molecule has 1 fully saturated rings. The molecule has 2 aliphatic rings. The molecule has 1 unspecified atom stereocenters. The summed E-state index contributed by atoms with van der Waals surface area (Å²) in [4.78, 5) is 20.2. The van der Waals surface area contributed by atoms with Gasteiger partial charge in [0.25, 0.3) is 0 Å². The van der Waals surface area contributed by atoms with E-state index in [-0.39, 0.29) is 0 Å². The van der Waals surface area contributed by atoms with E-state index in [1.54, 1.807) is 18.3 Å². The molecular weight excluding hydrogens is 384 g/mol. The number of urea groups is 1. The normalized spacial score (nSPS) is 19.8. The third-order valence-electron chi connectivity index (χ3n) is 5.96. The molecule has 5 rings (SSSR count). The summed E-state index contributed by atoms with van der Waals surface area (Å²) in [6.07, 6.45) is 6.18. The molecule has 10 heteroatoms. The molecule has 1 aromatic carbocycles. The minimum atomic E-state index is -0.697. The summed E-state index contributed by atoms with van der Waals surface area (Å²) in [5.74, 6) is 1.34. The van der Waals surface area contributed by atoms with Crippen LogP contribution in [0.3, 0.4) is 0 Å². The third kappa shape index (κ3) is 3.10. The van der Waals surface area contributed by atoms with Crippen LogP contribution >= 0.6 is 0 Å². The number of carbonyl (C=O) groups is 1. The Morgan fingerprint density at radius 2 is 1.93 bits per heavy atom. The number of nitrogens with one attached hydrogen (secondary N) is 4. The number of anilines is 4. The minimum Gasteiger partial charge on any atom is -0.374 e. The van der Waals surface area contributed by atoms with Crippen molar-refractivity contribution in [1.29, 1.82) is 0 Å². The van der Waals surface area contributed by atoms with Crippen LogP contribution in [0.5, 0.6) is 0 Å². The molecule has 0 saturated heterocycles. The summed E-state index contributed by atoms with van der Waals surface area (Å²) in [7, 11) is 0. The molecule has 1 spiro atoms. The SMILES string of the molecule is NC(=O)Nc1ccc(Nc2ncc3cc4n(c3n2)C2(CCCCC2)C(O)NN4)cc1. The first kappa shape index (κ1) is 18.6. The Labute approximate surface area is 172 Å². The van der Waals surface area contributed by atoms with Crippen LogP contribution in [0.25, 0.3) is 11.0 Å². The lowest BCUT2D eigenvalue weighted by atomic mass is 9.79.